The van der Waals surface area contributed by atoms with E-state index in [4.69, 9.17) is 9.47 Å². The van der Waals surface area contributed by atoms with E-state index in [0.717, 1.165) is 0 Å². The first-order chi connectivity index (χ1) is 19.0. The number of aliphatic imine (C=N–C) groups is 1. The Morgan fingerprint density at radius 3 is 1.82 bits per heavy atom. The Morgan fingerprint density at radius 2 is 1.38 bits per heavy atom. The van der Waals surface area contributed by atoms with Crippen molar-refractivity contribution < 1.29 is 38.8 Å². The summed E-state index contributed by atoms with van der Waals surface area (Å²) in [5.41, 5.74) is 0.730. The van der Waals surface area contributed by atoms with Crippen molar-refractivity contribution in [2.45, 2.75) is 44.9 Å². The number of nitro benzene ring substituents is 2. The van der Waals surface area contributed by atoms with Crippen molar-refractivity contribution in [3.63, 3.8) is 0 Å². The maximum atomic E-state index is 12.5. The van der Waals surface area contributed by atoms with Gasteiger partial charge in [0, 0.05) is 37.4 Å². The van der Waals surface area contributed by atoms with Crippen LogP contribution < -0.4 is 5.32 Å². The fourth-order valence-electron chi connectivity index (χ4n) is 4.05. The van der Waals surface area contributed by atoms with E-state index in [0.29, 0.717) is 36.8 Å². The molecule has 0 saturated heterocycles. The molecular weight excluding hydrogens is 530 g/mol. The summed E-state index contributed by atoms with van der Waals surface area (Å²) in [7, 11) is 1.59. The van der Waals surface area contributed by atoms with Gasteiger partial charge in [0.25, 0.3) is 11.4 Å². The van der Waals surface area contributed by atoms with E-state index in [2.05, 4.69) is 10.3 Å². The van der Waals surface area contributed by atoms with Crippen LogP contribution in [0.4, 0.5) is 21.0 Å². The summed E-state index contributed by atoms with van der Waals surface area (Å²) in [5.74, 6) is -1.53. The number of non-ortho nitro benzene ring substituents is 2. The van der Waals surface area contributed by atoms with Crippen LogP contribution in [0.25, 0.3) is 0 Å². The normalized spacial score (nSPS) is 16.9. The van der Waals surface area contributed by atoms with E-state index < -0.39 is 33.9 Å². The van der Waals surface area contributed by atoms with Gasteiger partial charge in [-0.15, -0.1) is 4.99 Å². The highest BCUT2D eigenvalue weighted by Crippen LogP contribution is 2.27. The van der Waals surface area contributed by atoms with Gasteiger partial charge in [-0.2, -0.15) is 0 Å². The second-order valence-electron chi connectivity index (χ2n) is 8.99. The number of nitro groups is 2. The summed E-state index contributed by atoms with van der Waals surface area (Å²) in [6.45, 7) is -0.444. The summed E-state index contributed by atoms with van der Waals surface area (Å²) in [4.78, 5) is 62.2. The number of nitrogens with one attached hydrogen (secondary N) is 1. The van der Waals surface area contributed by atoms with Gasteiger partial charge in [0.1, 0.15) is 13.2 Å². The number of hydrogen-bond donors (Lipinski definition) is 2. The smallest absolute Gasteiger partial charge is 0.437 e. The van der Waals surface area contributed by atoms with Crippen LogP contribution in [0.5, 0.6) is 0 Å². The Labute approximate surface area is 227 Å². The van der Waals surface area contributed by atoms with Crippen LogP contribution in [0, 0.1) is 26.1 Å². The first kappa shape index (κ1) is 29.5. The quantitative estimate of drug-likeness (QED) is 0.205. The summed E-state index contributed by atoms with van der Waals surface area (Å²) >= 11 is 0. The van der Waals surface area contributed by atoms with Crippen LogP contribution in [0.3, 0.4) is 0 Å². The molecule has 40 heavy (non-hydrogen) atoms. The molecule has 0 aromatic heterocycles. The zero-order valence-corrected chi connectivity index (χ0v) is 21.4. The van der Waals surface area contributed by atoms with Gasteiger partial charge >= 0.3 is 18.2 Å². The van der Waals surface area contributed by atoms with Crippen LogP contribution >= 0.6 is 0 Å². The number of amides is 2. The first-order valence-corrected chi connectivity index (χ1v) is 12.1. The largest absolute Gasteiger partial charge is 0.481 e. The molecule has 2 aromatic rings. The van der Waals surface area contributed by atoms with Crippen LogP contribution in [0.2, 0.25) is 0 Å². The molecule has 15 heteroatoms. The number of ether oxygens (including phenoxy) is 2. The third kappa shape index (κ3) is 8.47. The van der Waals surface area contributed by atoms with Crippen molar-refractivity contribution in [3.05, 3.63) is 79.9 Å². The molecule has 1 saturated carbocycles. The van der Waals surface area contributed by atoms with Gasteiger partial charge < -0.3 is 19.5 Å². The van der Waals surface area contributed by atoms with Gasteiger partial charge in [-0.1, -0.05) is 0 Å². The monoisotopic (exact) mass is 557 g/mol. The summed E-state index contributed by atoms with van der Waals surface area (Å²) in [6.07, 6.45) is -0.228. The number of alkyl carbamates (subject to hydrolysis) is 1. The van der Waals surface area contributed by atoms with E-state index in [-0.39, 0.29) is 36.6 Å². The highest BCUT2D eigenvalue weighted by Gasteiger charge is 2.30. The standard InChI is InChI=1S/C25H27N5O10/c1-28(19-12-6-18(7-13-19)22(31)32)23(26-24(33)39-14-16-2-8-20(9-3-16)29(35)36)27-25(34)40-15-17-4-10-21(11-5-17)30(37)38/h2-5,8-11,18-19H,6-7,12-15H2,1H3,(H,31,32)(H,26,27,33,34). The Balaban J connectivity index is 1.66. The minimum absolute atomic E-state index is 0.117. The molecule has 0 spiro atoms. The van der Waals surface area contributed by atoms with E-state index >= 15 is 0 Å². The number of aliphatic carboxylic acids is 1. The fourth-order valence-corrected chi connectivity index (χ4v) is 4.05. The molecule has 212 valence electrons. The van der Waals surface area contributed by atoms with Crippen molar-refractivity contribution in [2.75, 3.05) is 7.05 Å². The number of rotatable bonds is 8. The van der Waals surface area contributed by atoms with Crippen LogP contribution in [0.15, 0.2) is 53.5 Å². The molecule has 0 bridgehead atoms. The second-order valence-corrected chi connectivity index (χ2v) is 8.99. The molecule has 0 heterocycles. The van der Waals surface area contributed by atoms with Gasteiger partial charge in [0.05, 0.1) is 15.8 Å². The number of carboxylic acids is 1. The SMILES string of the molecule is CN(C(=NC(=O)OCc1ccc([N+](=O)[O-])cc1)NC(=O)OCc1ccc([N+](=O)[O-])cc1)C1CCC(C(=O)O)CC1. The maximum absolute atomic E-state index is 12.5. The number of carbonyl (C=O) groups is 3. The van der Waals surface area contributed by atoms with Crippen molar-refractivity contribution in [2.24, 2.45) is 10.9 Å². The van der Waals surface area contributed by atoms with Crippen LogP contribution in [0.1, 0.15) is 36.8 Å². The predicted molar refractivity (Wildman–Crippen MR) is 138 cm³/mol. The van der Waals surface area contributed by atoms with E-state index in [1.54, 1.807) is 11.9 Å². The fraction of sp³-hybridized carbons (Fsp3) is 0.360. The van der Waals surface area contributed by atoms with E-state index in [1.807, 2.05) is 0 Å². The number of carboxylic acid groups (broad SMARTS) is 1. The lowest BCUT2D eigenvalue weighted by Gasteiger charge is -2.34. The Bertz CT molecular complexity index is 1270. The highest BCUT2D eigenvalue weighted by atomic mass is 16.6. The van der Waals surface area contributed by atoms with E-state index in [1.165, 1.54) is 48.5 Å². The van der Waals surface area contributed by atoms with Crippen molar-refractivity contribution in [3.8, 4) is 0 Å². The number of hydrogen-bond acceptors (Lipinski definition) is 9. The molecule has 0 aliphatic heterocycles. The average molecular weight is 558 g/mol. The Hall–Kier alpha value is -5.08. The maximum Gasteiger partial charge on any atom is 0.437 e. The third-order valence-electron chi connectivity index (χ3n) is 6.37. The van der Waals surface area contributed by atoms with E-state index in [9.17, 15) is 39.7 Å². The lowest BCUT2D eigenvalue weighted by molar-refractivity contribution is -0.385. The first-order valence-electron chi connectivity index (χ1n) is 12.1. The number of carbonyl (C=O) groups excluding carboxylic acids is 2. The Morgan fingerprint density at radius 1 is 0.900 bits per heavy atom. The molecule has 0 unspecified atom stereocenters. The zero-order valence-electron chi connectivity index (χ0n) is 21.4. The molecule has 1 aliphatic carbocycles. The predicted octanol–water partition coefficient (Wildman–Crippen LogP) is 4.00. The molecule has 2 N–H and O–H groups in total. The minimum Gasteiger partial charge on any atom is -0.481 e. The lowest BCUT2D eigenvalue weighted by atomic mass is 9.85. The molecule has 15 nitrogen and oxygen atoms in total. The summed E-state index contributed by atoms with van der Waals surface area (Å²) in [6, 6.07) is 10.6. The van der Waals surface area contributed by atoms with Crippen molar-refractivity contribution >= 4 is 35.5 Å². The average Bonchev–Trinajstić information content (AvgIpc) is 2.94. The molecule has 0 radical (unpaired) electrons. The molecule has 1 fully saturated rings. The molecule has 3 rings (SSSR count). The summed E-state index contributed by atoms with van der Waals surface area (Å²) < 4.78 is 10.3. The molecule has 2 aromatic carbocycles. The summed E-state index contributed by atoms with van der Waals surface area (Å²) in [5, 5.41) is 33.3. The third-order valence-corrected chi connectivity index (χ3v) is 6.37. The van der Waals surface area contributed by atoms with Gasteiger partial charge in [0.2, 0.25) is 5.96 Å². The van der Waals surface area contributed by atoms with Gasteiger partial charge in [-0.3, -0.25) is 30.3 Å². The molecule has 1 aliphatic rings. The van der Waals surface area contributed by atoms with Crippen LogP contribution in [-0.4, -0.2) is 57.1 Å². The van der Waals surface area contributed by atoms with Crippen molar-refractivity contribution in [1.29, 1.82) is 0 Å². The van der Waals surface area contributed by atoms with Crippen molar-refractivity contribution in [1.82, 2.24) is 10.2 Å². The lowest BCUT2D eigenvalue weighted by Crippen LogP contribution is -2.48. The minimum atomic E-state index is -1.05. The Kier molecular flexibility index (Phi) is 10.0. The zero-order chi connectivity index (χ0) is 29.2. The van der Waals surface area contributed by atoms with Gasteiger partial charge in [-0.25, -0.2) is 9.59 Å². The number of nitrogens with zero attached hydrogens (tertiary/aromatic N) is 4. The number of guanidine groups is 1. The molecular formula is C25H27N5O10. The topological polar surface area (TPSA) is 204 Å². The number of benzene rings is 2. The van der Waals surface area contributed by atoms with Gasteiger partial charge in [-0.05, 0) is 61.1 Å². The molecule has 0 atom stereocenters. The van der Waals surface area contributed by atoms with Crippen LogP contribution in [-0.2, 0) is 27.5 Å². The highest BCUT2D eigenvalue weighted by molar-refractivity contribution is 5.98. The second kappa shape index (κ2) is 13.6. The van der Waals surface area contributed by atoms with Gasteiger partial charge in [0.15, 0.2) is 0 Å². The molecule has 2 amide bonds.